The van der Waals surface area contributed by atoms with Gasteiger partial charge in [0, 0.05) is 25.2 Å². The fraction of sp³-hybridized carbons (Fsp3) is 1.00. The summed E-state index contributed by atoms with van der Waals surface area (Å²) in [6, 6.07) is 1.42. The number of ether oxygens (including phenoxy) is 1. The number of nitrogens with zero attached hydrogens (tertiary/aromatic N) is 1. The van der Waals surface area contributed by atoms with Gasteiger partial charge in [-0.05, 0) is 38.1 Å². The first-order valence-corrected chi connectivity index (χ1v) is 7.31. The predicted octanol–water partition coefficient (Wildman–Crippen LogP) is 1.88. The van der Waals surface area contributed by atoms with Gasteiger partial charge in [-0.25, -0.2) is 0 Å². The smallest absolute Gasteiger partial charge is 0.0634 e. The van der Waals surface area contributed by atoms with E-state index in [4.69, 9.17) is 4.74 Å². The molecule has 0 aromatic heterocycles. The summed E-state index contributed by atoms with van der Waals surface area (Å²) in [7, 11) is 0. The van der Waals surface area contributed by atoms with Crippen LogP contribution in [0.3, 0.4) is 0 Å². The summed E-state index contributed by atoms with van der Waals surface area (Å²) in [5.41, 5.74) is 0. The molecule has 0 bridgehead atoms. The number of nitrogens with one attached hydrogen (secondary N) is 1. The van der Waals surface area contributed by atoms with Crippen LogP contribution in [0.15, 0.2) is 0 Å². The summed E-state index contributed by atoms with van der Waals surface area (Å²) in [6.45, 7) is 9.94. The lowest BCUT2D eigenvalue weighted by Crippen LogP contribution is -2.50. The molecule has 100 valence electrons. The topological polar surface area (TPSA) is 24.5 Å². The lowest BCUT2D eigenvalue weighted by Gasteiger charge is -2.36. The van der Waals surface area contributed by atoms with Crippen LogP contribution in [-0.4, -0.2) is 49.8 Å². The Kier molecular flexibility index (Phi) is 5.26. The highest BCUT2D eigenvalue weighted by molar-refractivity contribution is 4.85. The van der Waals surface area contributed by atoms with Gasteiger partial charge in [0.2, 0.25) is 0 Å². The SMILES string of the molecule is CC(C)CCCN1CCOCC1CNC1CC1. The molecule has 1 heterocycles. The normalized spacial score (nSPS) is 26.6. The van der Waals surface area contributed by atoms with Gasteiger partial charge in [0.25, 0.3) is 0 Å². The van der Waals surface area contributed by atoms with Crippen LogP contribution in [-0.2, 0) is 4.74 Å². The summed E-state index contributed by atoms with van der Waals surface area (Å²) in [5, 5.41) is 3.63. The van der Waals surface area contributed by atoms with Crippen LogP contribution < -0.4 is 5.32 Å². The van der Waals surface area contributed by atoms with E-state index in [9.17, 15) is 0 Å². The van der Waals surface area contributed by atoms with Crippen LogP contribution in [0.1, 0.15) is 39.5 Å². The highest BCUT2D eigenvalue weighted by Gasteiger charge is 2.26. The third-order valence-corrected chi connectivity index (χ3v) is 3.80. The zero-order valence-electron chi connectivity index (χ0n) is 11.5. The lowest BCUT2D eigenvalue weighted by molar-refractivity contribution is -0.00779. The van der Waals surface area contributed by atoms with E-state index < -0.39 is 0 Å². The van der Waals surface area contributed by atoms with Crippen LogP contribution >= 0.6 is 0 Å². The van der Waals surface area contributed by atoms with Crippen molar-refractivity contribution in [1.82, 2.24) is 10.2 Å². The van der Waals surface area contributed by atoms with Gasteiger partial charge in [0.15, 0.2) is 0 Å². The number of hydrogen-bond acceptors (Lipinski definition) is 3. The molecular formula is C14H28N2O. The molecule has 3 nitrogen and oxygen atoms in total. The molecular weight excluding hydrogens is 212 g/mol. The van der Waals surface area contributed by atoms with E-state index in [1.165, 1.54) is 32.2 Å². The Hall–Kier alpha value is -0.120. The zero-order chi connectivity index (χ0) is 12.1. The Labute approximate surface area is 106 Å². The van der Waals surface area contributed by atoms with E-state index in [-0.39, 0.29) is 0 Å². The second kappa shape index (κ2) is 6.72. The van der Waals surface area contributed by atoms with Crippen molar-refractivity contribution in [2.75, 3.05) is 32.8 Å². The van der Waals surface area contributed by atoms with Crippen LogP contribution in [0, 0.1) is 5.92 Å². The molecule has 0 spiro atoms. The summed E-state index contributed by atoms with van der Waals surface area (Å²) in [4.78, 5) is 2.63. The van der Waals surface area contributed by atoms with Crippen LogP contribution in [0.2, 0.25) is 0 Å². The van der Waals surface area contributed by atoms with Crippen molar-refractivity contribution in [3.8, 4) is 0 Å². The fourth-order valence-corrected chi connectivity index (χ4v) is 2.46. The van der Waals surface area contributed by atoms with Gasteiger partial charge in [0.05, 0.1) is 13.2 Å². The molecule has 3 heteroatoms. The molecule has 1 N–H and O–H groups in total. The molecule has 1 aliphatic carbocycles. The van der Waals surface area contributed by atoms with Crippen molar-refractivity contribution >= 4 is 0 Å². The average Bonchev–Trinajstić information content (AvgIpc) is 3.11. The molecule has 2 fully saturated rings. The number of rotatable bonds is 7. The maximum atomic E-state index is 5.61. The maximum absolute atomic E-state index is 5.61. The monoisotopic (exact) mass is 240 g/mol. The summed E-state index contributed by atoms with van der Waals surface area (Å²) < 4.78 is 5.61. The van der Waals surface area contributed by atoms with Gasteiger partial charge < -0.3 is 10.1 Å². The Balaban J connectivity index is 1.67. The molecule has 1 saturated carbocycles. The van der Waals surface area contributed by atoms with Gasteiger partial charge >= 0.3 is 0 Å². The Morgan fingerprint density at radius 2 is 2.18 bits per heavy atom. The van der Waals surface area contributed by atoms with E-state index in [2.05, 4.69) is 24.1 Å². The Bertz CT molecular complexity index is 216. The first-order valence-electron chi connectivity index (χ1n) is 7.31. The van der Waals surface area contributed by atoms with Crippen molar-refractivity contribution in [2.24, 2.45) is 5.92 Å². The first kappa shape index (κ1) is 13.3. The second-order valence-corrected chi connectivity index (χ2v) is 5.98. The summed E-state index contributed by atoms with van der Waals surface area (Å²) in [5.74, 6) is 0.832. The van der Waals surface area contributed by atoms with Gasteiger partial charge in [-0.2, -0.15) is 0 Å². The molecule has 1 atom stereocenters. The van der Waals surface area contributed by atoms with Crippen LogP contribution in [0.5, 0.6) is 0 Å². The molecule has 0 aromatic carbocycles. The highest BCUT2D eigenvalue weighted by Crippen LogP contribution is 2.19. The van der Waals surface area contributed by atoms with Crippen LogP contribution in [0.25, 0.3) is 0 Å². The standard InChI is InChI=1S/C14H28N2O/c1-12(2)4-3-7-16-8-9-17-11-14(16)10-15-13-5-6-13/h12-15H,3-11H2,1-2H3. The largest absolute Gasteiger partial charge is 0.378 e. The maximum Gasteiger partial charge on any atom is 0.0634 e. The third kappa shape index (κ3) is 4.94. The van der Waals surface area contributed by atoms with Gasteiger partial charge in [-0.3, -0.25) is 4.90 Å². The molecule has 0 aromatic rings. The van der Waals surface area contributed by atoms with Gasteiger partial charge in [0.1, 0.15) is 0 Å². The van der Waals surface area contributed by atoms with Crippen molar-refractivity contribution in [2.45, 2.75) is 51.6 Å². The van der Waals surface area contributed by atoms with E-state index in [0.717, 1.165) is 38.3 Å². The fourth-order valence-electron chi connectivity index (χ4n) is 2.46. The Morgan fingerprint density at radius 3 is 2.88 bits per heavy atom. The summed E-state index contributed by atoms with van der Waals surface area (Å²) >= 11 is 0. The second-order valence-electron chi connectivity index (χ2n) is 5.98. The lowest BCUT2D eigenvalue weighted by atomic mass is 10.1. The van der Waals surface area contributed by atoms with Crippen molar-refractivity contribution in [3.63, 3.8) is 0 Å². The van der Waals surface area contributed by atoms with E-state index >= 15 is 0 Å². The molecule has 2 rings (SSSR count). The number of morpholine rings is 1. The van der Waals surface area contributed by atoms with E-state index in [0.29, 0.717) is 6.04 Å². The molecule has 1 aliphatic heterocycles. The average molecular weight is 240 g/mol. The zero-order valence-corrected chi connectivity index (χ0v) is 11.5. The van der Waals surface area contributed by atoms with Crippen molar-refractivity contribution in [3.05, 3.63) is 0 Å². The quantitative estimate of drug-likeness (QED) is 0.735. The summed E-state index contributed by atoms with van der Waals surface area (Å²) in [6.07, 6.45) is 5.43. The molecule has 0 amide bonds. The van der Waals surface area contributed by atoms with Gasteiger partial charge in [-0.1, -0.05) is 13.8 Å². The Morgan fingerprint density at radius 1 is 1.35 bits per heavy atom. The first-order chi connectivity index (χ1) is 8.25. The van der Waals surface area contributed by atoms with Crippen molar-refractivity contribution < 1.29 is 4.74 Å². The molecule has 17 heavy (non-hydrogen) atoms. The minimum absolute atomic E-state index is 0.608. The minimum atomic E-state index is 0.608. The van der Waals surface area contributed by atoms with Crippen LogP contribution in [0.4, 0.5) is 0 Å². The number of hydrogen-bond donors (Lipinski definition) is 1. The minimum Gasteiger partial charge on any atom is -0.378 e. The molecule has 1 unspecified atom stereocenters. The van der Waals surface area contributed by atoms with Gasteiger partial charge in [-0.15, -0.1) is 0 Å². The molecule has 2 aliphatic rings. The van der Waals surface area contributed by atoms with Crippen molar-refractivity contribution in [1.29, 1.82) is 0 Å². The third-order valence-electron chi connectivity index (χ3n) is 3.80. The molecule has 1 saturated heterocycles. The van der Waals surface area contributed by atoms with E-state index in [1.807, 2.05) is 0 Å². The molecule has 0 radical (unpaired) electrons. The highest BCUT2D eigenvalue weighted by atomic mass is 16.5. The van der Waals surface area contributed by atoms with E-state index in [1.54, 1.807) is 0 Å². The predicted molar refractivity (Wildman–Crippen MR) is 71.3 cm³/mol.